The molecule has 33 heavy (non-hydrogen) atoms. The summed E-state index contributed by atoms with van der Waals surface area (Å²) in [6.07, 6.45) is 3.42. The Hall–Kier alpha value is -3.51. The van der Waals surface area contributed by atoms with Gasteiger partial charge in [-0.25, -0.2) is 0 Å². The molecule has 0 atom stereocenters. The van der Waals surface area contributed by atoms with Crippen molar-refractivity contribution >= 4 is 28.5 Å². The molecule has 4 heterocycles. The number of fused-ring (bicyclic) bond motifs is 2. The minimum absolute atomic E-state index is 0.775. The van der Waals surface area contributed by atoms with E-state index in [1.165, 1.54) is 22.4 Å². The van der Waals surface area contributed by atoms with Gasteiger partial charge in [0.05, 0.1) is 35.6 Å². The highest BCUT2D eigenvalue weighted by molar-refractivity contribution is 6.09. The lowest BCUT2D eigenvalue weighted by molar-refractivity contribution is 0.313. The molecule has 1 fully saturated rings. The predicted molar refractivity (Wildman–Crippen MR) is 133 cm³/mol. The average Bonchev–Trinajstić information content (AvgIpc) is 3.48. The molecule has 1 aromatic heterocycles. The molecule has 2 aromatic carbocycles. The summed E-state index contributed by atoms with van der Waals surface area (Å²) >= 11 is 0. The number of piperazine rings is 1. The molecule has 3 aromatic rings. The zero-order chi connectivity index (χ0) is 22.4. The summed E-state index contributed by atoms with van der Waals surface area (Å²) in [6.45, 7) is 4.39. The van der Waals surface area contributed by atoms with Crippen LogP contribution in [0.2, 0.25) is 0 Å². The van der Waals surface area contributed by atoms with Gasteiger partial charge in [0.1, 0.15) is 5.75 Å². The van der Waals surface area contributed by atoms with Gasteiger partial charge in [0.25, 0.3) is 0 Å². The van der Waals surface area contributed by atoms with Gasteiger partial charge in [0.15, 0.2) is 0 Å². The average molecular weight is 438 g/mol. The molecule has 6 heteroatoms. The molecular formula is C27H27N5O. The van der Waals surface area contributed by atoms with E-state index in [0.29, 0.717) is 0 Å². The lowest BCUT2D eigenvalue weighted by Crippen LogP contribution is -2.44. The van der Waals surface area contributed by atoms with Gasteiger partial charge in [-0.05, 0) is 60.1 Å². The third-order valence-corrected chi connectivity index (χ3v) is 6.83. The SMILES string of the molecule is COc1ccnc(C2=Nc3ccc(C4=Nc5ccc(N6CCN(C)CC6)cc5C4)cc3C2)c1. The first-order chi connectivity index (χ1) is 16.2. The van der Waals surface area contributed by atoms with Crippen LogP contribution in [0.3, 0.4) is 0 Å². The van der Waals surface area contributed by atoms with E-state index in [2.05, 4.69) is 58.2 Å². The van der Waals surface area contributed by atoms with Crippen LogP contribution < -0.4 is 9.64 Å². The van der Waals surface area contributed by atoms with Crippen molar-refractivity contribution < 1.29 is 4.74 Å². The second-order valence-electron chi connectivity index (χ2n) is 9.00. The summed E-state index contributed by atoms with van der Waals surface area (Å²) in [5, 5.41) is 0. The number of anilines is 1. The molecule has 166 valence electrons. The van der Waals surface area contributed by atoms with Crippen LogP contribution in [0.25, 0.3) is 0 Å². The van der Waals surface area contributed by atoms with E-state index in [1.54, 1.807) is 13.3 Å². The fourth-order valence-corrected chi connectivity index (χ4v) is 4.84. The number of benzene rings is 2. The van der Waals surface area contributed by atoms with Crippen LogP contribution in [0.1, 0.15) is 22.4 Å². The van der Waals surface area contributed by atoms with E-state index in [-0.39, 0.29) is 0 Å². The predicted octanol–water partition coefficient (Wildman–Crippen LogP) is 4.20. The highest BCUT2D eigenvalue weighted by Gasteiger charge is 2.22. The van der Waals surface area contributed by atoms with Crippen molar-refractivity contribution in [1.82, 2.24) is 9.88 Å². The summed E-state index contributed by atoms with van der Waals surface area (Å²) in [5.74, 6) is 0.799. The smallest absolute Gasteiger partial charge is 0.122 e. The Bertz CT molecular complexity index is 1290. The second kappa shape index (κ2) is 8.12. The molecule has 0 spiro atoms. The number of aromatic nitrogens is 1. The van der Waals surface area contributed by atoms with Gasteiger partial charge < -0.3 is 14.5 Å². The number of ether oxygens (including phenoxy) is 1. The molecule has 0 N–H and O–H groups in total. The molecule has 3 aliphatic heterocycles. The van der Waals surface area contributed by atoms with Gasteiger partial charge in [-0.15, -0.1) is 0 Å². The monoisotopic (exact) mass is 437 g/mol. The second-order valence-corrected chi connectivity index (χ2v) is 9.00. The van der Waals surface area contributed by atoms with E-state index < -0.39 is 0 Å². The van der Waals surface area contributed by atoms with Gasteiger partial charge in [0, 0.05) is 57.0 Å². The lowest BCUT2D eigenvalue weighted by Gasteiger charge is -2.34. The van der Waals surface area contributed by atoms with Crippen molar-refractivity contribution in [2.24, 2.45) is 9.98 Å². The highest BCUT2D eigenvalue weighted by atomic mass is 16.5. The molecule has 0 amide bonds. The first-order valence-corrected chi connectivity index (χ1v) is 11.5. The fourth-order valence-electron chi connectivity index (χ4n) is 4.84. The van der Waals surface area contributed by atoms with Crippen LogP contribution in [-0.2, 0) is 12.8 Å². The molecule has 6 rings (SSSR count). The van der Waals surface area contributed by atoms with Gasteiger partial charge in [-0.3, -0.25) is 15.0 Å². The van der Waals surface area contributed by atoms with E-state index in [4.69, 9.17) is 14.7 Å². The lowest BCUT2D eigenvalue weighted by atomic mass is 9.99. The number of likely N-dealkylation sites (N-methyl/N-ethyl adjacent to an activating group) is 1. The minimum atomic E-state index is 0.775. The van der Waals surface area contributed by atoms with E-state index in [0.717, 1.165) is 73.3 Å². The third-order valence-electron chi connectivity index (χ3n) is 6.83. The molecule has 0 aliphatic carbocycles. The van der Waals surface area contributed by atoms with Crippen molar-refractivity contribution in [3.05, 3.63) is 77.1 Å². The first-order valence-electron chi connectivity index (χ1n) is 11.5. The van der Waals surface area contributed by atoms with Crippen LogP contribution >= 0.6 is 0 Å². The molecule has 3 aliphatic rings. The van der Waals surface area contributed by atoms with Gasteiger partial charge >= 0.3 is 0 Å². The normalized spacial score (nSPS) is 17.5. The number of methoxy groups -OCH3 is 1. The maximum absolute atomic E-state index is 5.34. The van der Waals surface area contributed by atoms with Crippen molar-refractivity contribution in [2.75, 3.05) is 45.2 Å². The maximum Gasteiger partial charge on any atom is 0.122 e. The van der Waals surface area contributed by atoms with Crippen LogP contribution in [0.15, 0.2) is 64.7 Å². The van der Waals surface area contributed by atoms with Crippen molar-refractivity contribution in [2.45, 2.75) is 12.8 Å². The molecule has 0 radical (unpaired) electrons. The van der Waals surface area contributed by atoms with Gasteiger partial charge in [-0.2, -0.15) is 0 Å². The topological polar surface area (TPSA) is 53.3 Å². The van der Waals surface area contributed by atoms with Crippen LogP contribution in [-0.4, -0.2) is 61.6 Å². The number of hydrogen-bond acceptors (Lipinski definition) is 6. The standard InChI is InChI=1S/C27H27N5O/c1-31-9-11-32(12-10-31)21-4-6-24-20(14-21)15-25(29-24)18-3-5-23-19(13-18)16-27(30-23)26-17-22(33-2)7-8-28-26/h3-8,13-14,17H,9-12,15-16H2,1-2H3. The first kappa shape index (κ1) is 20.1. The number of rotatable bonds is 4. The van der Waals surface area contributed by atoms with E-state index in [1.807, 2.05) is 12.1 Å². The Kier molecular flexibility index (Phi) is 4.95. The largest absolute Gasteiger partial charge is 0.497 e. The van der Waals surface area contributed by atoms with Crippen LogP contribution in [0.5, 0.6) is 5.75 Å². The van der Waals surface area contributed by atoms with Crippen molar-refractivity contribution in [1.29, 1.82) is 0 Å². The maximum atomic E-state index is 5.34. The Labute approximate surface area is 194 Å². The summed E-state index contributed by atoms with van der Waals surface area (Å²) in [6, 6.07) is 17.0. The van der Waals surface area contributed by atoms with Crippen molar-refractivity contribution in [3.8, 4) is 5.75 Å². The zero-order valence-electron chi connectivity index (χ0n) is 19.1. The Balaban J connectivity index is 1.20. The number of nitrogens with zero attached hydrogens (tertiary/aromatic N) is 5. The number of aliphatic imine (C=N–C) groups is 2. The molecule has 0 saturated carbocycles. The van der Waals surface area contributed by atoms with Crippen molar-refractivity contribution in [3.63, 3.8) is 0 Å². The van der Waals surface area contributed by atoms with E-state index in [9.17, 15) is 0 Å². The van der Waals surface area contributed by atoms with Crippen LogP contribution in [0.4, 0.5) is 17.1 Å². The van der Waals surface area contributed by atoms with Crippen LogP contribution in [0, 0.1) is 0 Å². The van der Waals surface area contributed by atoms with Gasteiger partial charge in [0.2, 0.25) is 0 Å². The number of pyridine rings is 1. The molecular weight excluding hydrogens is 410 g/mol. The van der Waals surface area contributed by atoms with Gasteiger partial charge in [-0.1, -0.05) is 6.07 Å². The minimum Gasteiger partial charge on any atom is -0.497 e. The molecule has 1 saturated heterocycles. The summed E-state index contributed by atoms with van der Waals surface area (Å²) < 4.78 is 5.34. The Morgan fingerprint density at radius 2 is 1.52 bits per heavy atom. The van der Waals surface area contributed by atoms with E-state index >= 15 is 0 Å². The Morgan fingerprint density at radius 1 is 0.788 bits per heavy atom. The Morgan fingerprint density at radius 3 is 2.33 bits per heavy atom. The summed E-state index contributed by atoms with van der Waals surface area (Å²) in [4.78, 5) is 19.2. The fraction of sp³-hybridized carbons (Fsp3) is 0.296. The highest BCUT2D eigenvalue weighted by Crippen LogP contribution is 2.35. The number of hydrogen-bond donors (Lipinski definition) is 0. The zero-order valence-corrected chi connectivity index (χ0v) is 19.1. The summed E-state index contributed by atoms with van der Waals surface area (Å²) in [7, 11) is 3.86. The molecule has 0 unspecified atom stereocenters. The summed E-state index contributed by atoms with van der Waals surface area (Å²) in [5.41, 5.74) is 10.1. The molecule has 0 bridgehead atoms. The quantitative estimate of drug-likeness (QED) is 0.614. The molecule has 6 nitrogen and oxygen atoms in total. The third kappa shape index (κ3) is 3.80.